The number of rotatable bonds is 4. The number of thiophene rings is 1. The third-order valence-electron chi connectivity index (χ3n) is 3.08. The van der Waals surface area contributed by atoms with Crippen LogP contribution >= 0.6 is 22.9 Å². The molecule has 3 aromatic rings. The summed E-state index contributed by atoms with van der Waals surface area (Å²) in [5, 5.41) is 4.01. The first-order chi connectivity index (χ1) is 9.74. The van der Waals surface area contributed by atoms with Gasteiger partial charge in [-0.05, 0) is 11.4 Å². The van der Waals surface area contributed by atoms with Crippen molar-refractivity contribution in [2.45, 2.75) is 6.42 Å². The first-order valence-electron chi connectivity index (χ1n) is 6.08. The van der Waals surface area contributed by atoms with Crippen molar-refractivity contribution in [2.75, 3.05) is 13.0 Å². The number of benzene rings is 1. The highest BCUT2D eigenvalue weighted by Crippen LogP contribution is 2.29. The first-order valence-corrected chi connectivity index (χ1v) is 7.55. The van der Waals surface area contributed by atoms with Crippen molar-refractivity contribution in [1.29, 1.82) is 0 Å². The summed E-state index contributed by atoms with van der Waals surface area (Å²) in [5.74, 6) is 1.09. The van der Waals surface area contributed by atoms with E-state index in [9.17, 15) is 4.39 Å². The molecule has 20 heavy (non-hydrogen) atoms. The number of aryl methyl sites for hydroxylation is 1. The lowest BCUT2D eigenvalue weighted by Gasteiger charge is -2.07. The van der Waals surface area contributed by atoms with Crippen LogP contribution in [0.1, 0.15) is 5.82 Å². The molecule has 0 aliphatic rings. The lowest BCUT2D eigenvalue weighted by molar-refractivity contribution is 0.387. The van der Waals surface area contributed by atoms with Crippen LogP contribution in [0.4, 0.5) is 4.39 Å². The van der Waals surface area contributed by atoms with Gasteiger partial charge in [0, 0.05) is 29.8 Å². The van der Waals surface area contributed by atoms with Gasteiger partial charge in [0.2, 0.25) is 0 Å². The van der Waals surface area contributed by atoms with E-state index in [0.717, 1.165) is 17.0 Å². The zero-order valence-corrected chi connectivity index (χ0v) is 12.3. The Bertz CT molecular complexity index is 739. The number of alkyl halides is 1. The van der Waals surface area contributed by atoms with E-state index in [1.165, 1.54) is 13.2 Å². The Balaban J connectivity index is 2.30. The maximum atomic E-state index is 13.8. The summed E-state index contributed by atoms with van der Waals surface area (Å²) in [6.07, 6.45) is 0.621. The molecule has 0 amide bonds. The molecule has 3 nitrogen and oxygen atoms in total. The van der Waals surface area contributed by atoms with E-state index in [2.05, 4.69) is 4.98 Å². The van der Waals surface area contributed by atoms with Gasteiger partial charge in [0.25, 0.3) is 0 Å². The highest BCUT2D eigenvalue weighted by molar-refractivity contribution is 7.08. The average molecular weight is 311 g/mol. The van der Waals surface area contributed by atoms with Gasteiger partial charge in [-0.3, -0.25) is 4.57 Å². The van der Waals surface area contributed by atoms with Crippen molar-refractivity contribution in [2.24, 2.45) is 0 Å². The summed E-state index contributed by atoms with van der Waals surface area (Å²) in [7, 11) is 1.45. The maximum Gasteiger partial charge on any atom is 0.167 e. The van der Waals surface area contributed by atoms with E-state index >= 15 is 0 Å². The van der Waals surface area contributed by atoms with Gasteiger partial charge in [0.15, 0.2) is 11.6 Å². The number of nitrogens with zero attached hydrogens (tertiary/aromatic N) is 2. The number of imidazole rings is 1. The molecule has 2 aromatic heterocycles. The fourth-order valence-electron chi connectivity index (χ4n) is 2.21. The van der Waals surface area contributed by atoms with E-state index in [4.69, 9.17) is 16.3 Å². The van der Waals surface area contributed by atoms with Gasteiger partial charge in [0.1, 0.15) is 5.82 Å². The predicted octanol–water partition coefficient (Wildman–Crippen LogP) is 4.02. The molecule has 0 radical (unpaired) electrons. The van der Waals surface area contributed by atoms with Crippen LogP contribution in [0, 0.1) is 5.82 Å². The highest BCUT2D eigenvalue weighted by Gasteiger charge is 2.15. The molecule has 0 bridgehead atoms. The Morgan fingerprint density at radius 3 is 2.95 bits per heavy atom. The van der Waals surface area contributed by atoms with Gasteiger partial charge in [-0.25, -0.2) is 9.37 Å². The SMILES string of the molecule is COc1cc2c(cc1F)nc(CCCl)n2-c1ccsc1. The van der Waals surface area contributed by atoms with Crippen LogP contribution in [-0.2, 0) is 6.42 Å². The molecular weight excluding hydrogens is 299 g/mol. The van der Waals surface area contributed by atoms with Crippen molar-refractivity contribution < 1.29 is 9.13 Å². The van der Waals surface area contributed by atoms with Crippen LogP contribution in [0.15, 0.2) is 29.0 Å². The Labute approximate surface area is 124 Å². The molecule has 0 aliphatic carbocycles. The van der Waals surface area contributed by atoms with E-state index in [1.807, 2.05) is 21.4 Å². The Morgan fingerprint density at radius 2 is 2.30 bits per heavy atom. The minimum atomic E-state index is -0.410. The number of fused-ring (bicyclic) bond motifs is 1. The Morgan fingerprint density at radius 1 is 1.45 bits per heavy atom. The number of hydrogen-bond acceptors (Lipinski definition) is 3. The molecule has 0 saturated carbocycles. The second-order valence-electron chi connectivity index (χ2n) is 4.26. The number of halogens is 2. The number of ether oxygens (including phenoxy) is 1. The first kappa shape index (κ1) is 13.4. The van der Waals surface area contributed by atoms with Crippen LogP contribution in [0.2, 0.25) is 0 Å². The lowest BCUT2D eigenvalue weighted by atomic mass is 10.2. The molecule has 6 heteroatoms. The Hall–Kier alpha value is -1.59. The topological polar surface area (TPSA) is 27.1 Å². The smallest absolute Gasteiger partial charge is 0.167 e. The van der Waals surface area contributed by atoms with Gasteiger partial charge >= 0.3 is 0 Å². The summed E-state index contributed by atoms with van der Waals surface area (Å²) in [6.45, 7) is 0. The van der Waals surface area contributed by atoms with Crippen molar-refractivity contribution in [3.63, 3.8) is 0 Å². The normalized spacial score (nSPS) is 11.2. The third kappa shape index (κ3) is 2.17. The number of methoxy groups -OCH3 is 1. The zero-order chi connectivity index (χ0) is 14.1. The minimum absolute atomic E-state index is 0.214. The molecule has 0 atom stereocenters. The standard InChI is InChI=1S/C14H12ClFN2OS/c1-19-13-7-12-11(6-10(13)16)17-14(2-4-15)18(12)9-3-5-20-8-9/h3,5-8H,2,4H2,1H3. The average Bonchev–Trinajstić information content (AvgIpc) is 3.04. The van der Waals surface area contributed by atoms with Crippen LogP contribution < -0.4 is 4.74 Å². The van der Waals surface area contributed by atoms with Crippen molar-refractivity contribution in [3.05, 3.63) is 40.6 Å². The molecule has 0 spiro atoms. The Kier molecular flexibility index (Phi) is 3.63. The summed E-state index contributed by atoms with van der Waals surface area (Å²) >= 11 is 7.44. The second-order valence-corrected chi connectivity index (χ2v) is 5.42. The van der Waals surface area contributed by atoms with Crippen LogP contribution in [0.5, 0.6) is 5.75 Å². The van der Waals surface area contributed by atoms with Crippen LogP contribution in [0.25, 0.3) is 16.7 Å². The van der Waals surface area contributed by atoms with Gasteiger partial charge in [-0.2, -0.15) is 11.3 Å². The lowest BCUT2D eigenvalue weighted by Crippen LogP contribution is -2.01. The second kappa shape index (κ2) is 5.42. The fraction of sp³-hybridized carbons (Fsp3) is 0.214. The molecule has 0 fully saturated rings. The van der Waals surface area contributed by atoms with E-state index in [0.29, 0.717) is 17.8 Å². The molecule has 0 saturated heterocycles. The molecule has 0 aliphatic heterocycles. The highest BCUT2D eigenvalue weighted by atomic mass is 35.5. The van der Waals surface area contributed by atoms with Gasteiger partial charge in [0.05, 0.1) is 23.8 Å². The number of aromatic nitrogens is 2. The van der Waals surface area contributed by atoms with E-state index < -0.39 is 5.82 Å². The van der Waals surface area contributed by atoms with Gasteiger partial charge < -0.3 is 4.74 Å². The fourth-order valence-corrected chi connectivity index (χ4v) is 3.00. The predicted molar refractivity (Wildman–Crippen MR) is 79.9 cm³/mol. The molecule has 3 rings (SSSR count). The molecule has 0 unspecified atom stereocenters. The number of hydrogen-bond donors (Lipinski definition) is 0. The van der Waals surface area contributed by atoms with E-state index in [1.54, 1.807) is 17.4 Å². The molecule has 0 N–H and O–H groups in total. The maximum absolute atomic E-state index is 13.8. The molecule has 1 aromatic carbocycles. The van der Waals surface area contributed by atoms with Crippen molar-refractivity contribution in [3.8, 4) is 11.4 Å². The summed E-state index contributed by atoms with van der Waals surface area (Å²) in [6, 6.07) is 5.07. The molecule has 104 valence electrons. The minimum Gasteiger partial charge on any atom is -0.494 e. The van der Waals surface area contributed by atoms with Crippen LogP contribution in [0.3, 0.4) is 0 Å². The summed E-state index contributed by atoms with van der Waals surface area (Å²) < 4.78 is 20.8. The van der Waals surface area contributed by atoms with E-state index in [-0.39, 0.29) is 5.75 Å². The largest absolute Gasteiger partial charge is 0.494 e. The van der Waals surface area contributed by atoms with Crippen molar-refractivity contribution >= 4 is 34.0 Å². The van der Waals surface area contributed by atoms with Crippen molar-refractivity contribution in [1.82, 2.24) is 9.55 Å². The monoisotopic (exact) mass is 310 g/mol. The summed E-state index contributed by atoms with van der Waals surface area (Å²) in [4.78, 5) is 4.48. The van der Waals surface area contributed by atoms with Gasteiger partial charge in [-0.15, -0.1) is 11.6 Å². The van der Waals surface area contributed by atoms with Crippen LogP contribution in [-0.4, -0.2) is 22.5 Å². The third-order valence-corrected chi connectivity index (χ3v) is 3.94. The quantitative estimate of drug-likeness (QED) is 0.681. The molecular formula is C14H12ClFN2OS. The summed E-state index contributed by atoms with van der Waals surface area (Å²) in [5.41, 5.74) is 2.43. The molecule has 2 heterocycles. The van der Waals surface area contributed by atoms with Gasteiger partial charge in [-0.1, -0.05) is 0 Å². The zero-order valence-electron chi connectivity index (χ0n) is 10.8.